The van der Waals surface area contributed by atoms with Crippen LogP contribution >= 0.6 is 0 Å². The Morgan fingerprint density at radius 1 is 1.12 bits per heavy atom. The fourth-order valence-electron chi connectivity index (χ4n) is 2.26. The Kier molecular flexibility index (Phi) is 5.89. The van der Waals surface area contributed by atoms with Crippen molar-refractivity contribution in [3.63, 3.8) is 0 Å². The van der Waals surface area contributed by atoms with Gasteiger partial charge in [0.1, 0.15) is 12.2 Å². The lowest BCUT2D eigenvalue weighted by atomic mass is 10.2. The van der Waals surface area contributed by atoms with Crippen LogP contribution in [0.5, 0.6) is 5.88 Å². The number of rotatable bonds is 8. The quantitative estimate of drug-likeness (QED) is 0.623. The van der Waals surface area contributed by atoms with Crippen LogP contribution in [-0.2, 0) is 11.3 Å². The van der Waals surface area contributed by atoms with E-state index in [1.165, 1.54) is 0 Å². The molecule has 0 saturated heterocycles. The highest BCUT2D eigenvalue weighted by atomic mass is 16.5. The Hall–Kier alpha value is -3.26. The van der Waals surface area contributed by atoms with Gasteiger partial charge in [-0.3, -0.25) is 14.5 Å². The number of pyridine rings is 2. The van der Waals surface area contributed by atoms with Gasteiger partial charge in [-0.2, -0.15) is 5.10 Å². The van der Waals surface area contributed by atoms with Crippen molar-refractivity contribution in [2.45, 2.75) is 6.54 Å². The largest absolute Gasteiger partial charge is 0.475 e. The molecule has 1 N–H and O–H groups in total. The number of nitrogens with one attached hydrogen (secondary N) is 1. The molecule has 0 saturated carbocycles. The zero-order valence-corrected chi connectivity index (χ0v) is 14.3. The fourth-order valence-corrected chi connectivity index (χ4v) is 2.26. The standard InChI is InChI=1S/C18H19N5O3/c1-25-11-12-26-18-15(6-4-9-20-18)17(24)21-16-7-10-23(22-16)13-14-5-2-3-8-19-14/h2-10H,11-13H2,1H3,(H,21,22,24). The molecule has 0 atom stereocenters. The minimum Gasteiger partial charge on any atom is -0.475 e. The van der Waals surface area contributed by atoms with Crippen molar-refractivity contribution in [3.8, 4) is 5.88 Å². The number of anilines is 1. The molecule has 0 bridgehead atoms. The van der Waals surface area contributed by atoms with E-state index in [1.54, 1.807) is 48.6 Å². The van der Waals surface area contributed by atoms with Gasteiger partial charge in [0.25, 0.3) is 5.91 Å². The molecule has 1 amide bonds. The van der Waals surface area contributed by atoms with Crippen LogP contribution < -0.4 is 10.1 Å². The summed E-state index contributed by atoms with van der Waals surface area (Å²) in [5.74, 6) is 0.362. The van der Waals surface area contributed by atoms with Crippen LogP contribution in [0.15, 0.2) is 55.0 Å². The summed E-state index contributed by atoms with van der Waals surface area (Å²) < 4.78 is 12.1. The van der Waals surface area contributed by atoms with Gasteiger partial charge in [0, 0.05) is 31.8 Å². The molecular weight excluding hydrogens is 334 g/mol. The van der Waals surface area contributed by atoms with Gasteiger partial charge in [0.15, 0.2) is 5.82 Å². The summed E-state index contributed by atoms with van der Waals surface area (Å²) in [5.41, 5.74) is 1.22. The molecule has 26 heavy (non-hydrogen) atoms. The second-order valence-electron chi connectivity index (χ2n) is 5.37. The molecule has 0 unspecified atom stereocenters. The predicted octanol–water partition coefficient (Wildman–Crippen LogP) is 2.00. The molecule has 3 aromatic heterocycles. The number of ether oxygens (including phenoxy) is 2. The molecule has 0 aromatic carbocycles. The normalized spacial score (nSPS) is 10.5. The lowest BCUT2D eigenvalue weighted by molar-refractivity contribution is 0.101. The first-order valence-corrected chi connectivity index (χ1v) is 8.08. The Bertz CT molecular complexity index is 851. The van der Waals surface area contributed by atoms with Crippen LogP contribution in [-0.4, -0.2) is 46.0 Å². The zero-order chi connectivity index (χ0) is 18.2. The summed E-state index contributed by atoms with van der Waals surface area (Å²) in [6, 6.07) is 10.7. The summed E-state index contributed by atoms with van der Waals surface area (Å²) in [5, 5.41) is 7.09. The van der Waals surface area contributed by atoms with Crippen molar-refractivity contribution in [2.75, 3.05) is 25.6 Å². The van der Waals surface area contributed by atoms with Crippen molar-refractivity contribution in [3.05, 3.63) is 66.2 Å². The Morgan fingerprint density at radius 3 is 2.81 bits per heavy atom. The third-order valence-corrected chi connectivity index (χ3v) is 3.47. The maximum Gasteiger partial charge on any atom is 0.262 e. The van der Waals surface area contributed by atoms with Crippen LogP contribution in [0.4, 0.5) is 5.82 Å². The molecule has 0 spiro atoms. The molecule has 0 radical (unpaired) electrons. The smallest absolute Gasteiger partial charge is 0.262 e. The van der Waals surface area contributed by atoms with Gasteiger partial charge in [-0.15, -0.1) is 0 Å². The number of carbonyl (C=O) groups excluding carboxylic acids is 1. The summed E-state index contributed by atoms with van der Waals surface area (Å²) in [6.45, 7) is 1.25. The van der Waals surface area contributed by atoms with E-state index in [1.807, 2.05) is 18.2 Å². The Balaban J connectivity index is 1.65. The first-order valence-electron chi connectivity index (χ1n) is 8.08. The number of hydrogen-bond acceptors (Lipinski definition) is 6. The summed E-state index contributed by atoms with van der Waals surface area (Å²) in [6.07, 6.45) is 5.08. The average Bonchev–Trinajstić information content (AvgIpc) is 3.10. The van der Waals surface area contributed by atoms with E-state index in [2.05, 4.69) is 20.4 Å². The second-order valence-corrected chi connectivity index (χ2v) is 5.37. The third kappa shape index (κ3) is 4.64. The summed E-state index contributed by atoms with van der Waals surface area (Å²) in [4.78, 5) is 20.9. The maximum absolute atomic E-state index is 12.5. The van der Waals surface area contributed by atoms with Crippen LogP contribution in [0.3, 0.4) is 0 Å². The number of amides is 1. The van der Waals surface area contributed by atoms with Crippen molar-refractivity contribution < 1.29 is 14.3 Å². The van der Waals surface area contributed by atoms with Crippen LogP contribution in [0.25, 0.3) is 0 Å². The van der Waals surface area contributed by atoms with Gasteiger partial charge in [-0.05, 0) is 24.3 Å². The maximum atomic E-state index is 12.5. The highest BCUT2D eigenvalue weighted by Gasteiger charge is 2.15. The molecule has 0 aliphatic carbocycles. The average molecular weight is 353 g/mol. The molecule has 3 rings (SSSR count). The second kappa shape index (κ2) is 8.72. The summed E-state index contributed by atoms with van der Waals surface area (Å²) >= 11 is 0. The first kappa shape index (κ1) is 17.6. The summed E-state index contributed by atoms with van der Waals surface area (Å²) in [7, 11) is 1.58. The first-order chi connectivity index (χ1) is 12.8. The lowest BCUT2D eigenvalue weighted by Gasteiger charge is -2.09. The van der Waals surface area contributed by atoms with Gasteiger partial charge in [0.2, 0.25) is 5.88 Å². The van der Waals surface area contributed by atoms with E-state index in [4.69, 9.17) is 9.47 Å². The molecule has 134 valence electrons. The Labute approximate surface area is 150 Å². The highest BCUT2D eigenvalue weighted by molar-refractivity contribution is 6.05. The molecular formula is C18H19N5O3. The van der Waals surface area contributed by atoms with E-state index >= 15 is 0 Å². The minimum atomic E-state index is -0.339. The number of methoxy groups -OCH3 is 1. The SMILES string of the molecule is COCCOc1ncccc1C(=O)Nc1ccn(Cc2ccccn2)n1. The molecule has 0 aliphatic rings. The van der Waals surface area contributed by atoms with Crippen molar-refractivity contribution in [1.29, 1.82) is 0 Å². The van der Waals surface area contributed by atoms with E-state index in [0.717, 1.165) is 5.69 Å². The Morgan fingerprint density at radius 2 is 2.00 bits per heavy atom. The van der Waals surface area contributed by atoms with Gasteiger partial charge in [-0.25, -0.2) is 4.98 Å². The van der Waals surface area contributed by atoms with Crippen molar-refractivity contribution in [2.24, 2.45) is 0 Å². The van der Waals surface area contributed by atoms with Crippen LogP contribution in [0, 0.1) is 0 Å². The molecule has 8 nitrogen and oxygen atoms in total. The molecule has 0 fully saturated rings. The fraction of sp³-hybridized carbons (Fsp3) is 0.222. The van der Waals surface area contributed by atoms with Gasteiger partial charge >= 0.3 is 0 Å². The molecule has 3 heterocycles. The molecule has 0 aliphatic heterocycles. The van der Waals surface area contributed by atoms with Crippen molar-refractivity contribution >= 4 is 11.7 Å². The van der Waals surface area contributed by atoms with Gasteiger partial charge < -0.3 is 14.8 Å². The van der Waals surface area contributed by atoms with E-state index in [0.29, 0.717) is 31.1 Å². The van der Waals surface area contributed by atoms with E-state index in [-0.39, 0.29) is 11.8 Å². The van der Waals surface area contributed by atoms with E-state index < -0.39 is 0 Å². The third-order valence-electron chi connectivity index (χ3n) is 3.47. The van der Waals surface area contributed by atoms with Crippen LogP contribution in [0.1, 0.15) is 16.1 Å². The topological polar surface area (TPSA) is 91.2 Å². The molecule has 3 aromatic rings. The predicted molar refractivity (Wildman–Crippen MR) is 95.1 cm³/mol. The highest BCUT2D eigenvalue weighted by Crippen LogP contribution is 2.16. The van der Waals surface area contributed by atoms with Crippen molar-refractivity contribution in [1.82, 2.24) is 19.7 Å². The van der Waals surface area contributed by atoms with Gasteiger partial charge in [0.05, 0.1) is 18.8 Å². The zero-order valence-electron chi connectivity index (χ0n) is 14.3. The minimum absolute atomic E-state index is 0.259. The number of aromatic nitrogens is 4. The lowest BCUT2D eigenvalue weighted by Crippen LogP contribution is -2.16. The van der Waals surface area contributed by atoms with Crippen LogP contribution in [0.2, 0.25) is 0 Å². The number of hydrogen-bond donors (Lipinski definition) is 1. The monoisotopic (exact) mass is 353 g/mol. The molecule has 8 heteroatoms. The van der Waals surface area contributed by atoms with Gasteiger partial charge in [-0.1, -0.05) is 6.07 Å². The van der Waals surface area contributed by atoms with E-state index in [9.17, 15) is 4.79 Å². The number of nitrogens with zero attached hydrogens (tertiary/aromatic N) is 4. The number of carbonyl (C=O) groups is 1.